The van der Waals surface area contributed by atoms with Gasteiger partial charge in [-0.1, -0.05) is 19.3 Å². The number of benzene rings is 1. The maximum absolute atomic E-state index is 12.2. The van der Waals surface area contributed by atoms with Crippen LogP contribution in [0.3, 0.4) is 0 Å². The molecule has 2 aromatic rings. The number of carbonyl (C=O) groups is 2. The summed E-state index contributed by atoms with van der Waals surface area (Å²) < 4.78 is 15.4. The van der Waals surface area contributed by atoms with E-state index < -0.39 is 11.6 Å². The van der Waals surface area contributed by atoms with Crippen LogP contribution in [0.5, 0.6) is 5.75 Å². The number of hydrogen-bond donors (Lipinski definition) is 0. The Morgan fingerprint density at radius 3 is 2.63 bits per heavy atom. The van der Waals surface area contributed by atoms with Crippen molar-refractivity contribution in [2.75, 3.05) is 20.3 Å². The van der Waals surface area contributed by atoms with Gasteiger partial charge in [0.15, 0.2) is 13.2 Å². The first-order valence-electron chi connectivity index (χ1n) is 9.11. The normalized spacial score (nSPS) is 14.7. The Balaban J connectivity index is 1.46. The van der Waals surface area contributed by atoms with Crippen molar-refractivity contribution in [3.8, 4) is 5.75 Å². The molecule has 1 aliphatic rings. The van der Waals surface area contributed by atoms with Crippen LogP contribution >= 0.6 is 0 Å². The highest BCUT2D eigenvalue weighted by Crippen LogP contribution is 2.22. The molecule has 1 aromatic carbocycles. The monoisotopic (exact) mass is 373 g/mol. The quantitative estimate of drug-likeness (QED) is 0.571. The van der Waals surface area contributed by atoms with Crippen LogP contribution in [0.4, 0.5) is 0 Å². The molecule has 0 atom stereocenters. The smallest absolute Gasteiger partial charge is 0.344 e. The molecule has 7 nitrogen and oxygen atoms in total. The first-order valence-corrected chi connectivity index (χ1v) is 9.11. The zero-order valence-electron chi connectivity index (χ0n) is 15.3. The fraction of sp³-hybridized carbons (Fsp3) is 0.450. The molecule has 3 rings (SSSR count). The average molecular weight is 373 g/mol. The molecule has 0 radical (unpaired) electrons. The van der Waals surface area contributed by atoms with Crippen LogP contribution in [0, 0.1) is 0 Å². The molecule has 0 aliphatic heterocycles. The average Bonchev–Trinajstić information content (AvgIpc) is 2.70. The fourth-order valence-corrected chi connectivity index (χ4v) is 3.23. The van der Waals surface area contributed by atoms with Crippen LogP contribution in [0.1, 0.15) is 32.1 Å². The Labute approximate surface area is 156 Å². The van der Waals surface area contributed by atoms with Crippen molar-refractivity contribution in [1.29, 1.82) is 0 Å². The Morgan fingerprint density at radius 2 is 1.85 bits per heavy atom. The van der Waals surface area contributed by atoms with E-state index in [1.54, 1.807) is 30.1 Å². The summed E-state index contributed by atoms with van der Waals surface area (Å²) in [5.41, 5.74) is -0.0858. The van der Waals surface area contributed by atoms with E-state index in [0.717, 1.165) is 31.1 Å². The lowest BCUT2D eigenvalue weighted by atomic mass is 9.94. The maximum Gasteiger partial charge on any atom is 0.344 e. The van der Waals surface area contributed by atoms with Gasteiger partial charge >= 0.3 is 11.6 Å². The van der Waals surface area contributed by atoms with Gasteiger partial charge in [0.25, 0.3) is 5.91 Å². The Kier molecular flexibility index (Phi) is 6.11. The zero-order chi connectivity index (χ0) is 19.2. The molecule has 1 saturated carbocycles. The fourth-order valence-electron chi connectivity index (χ4n) is 3.23. The van der Waals surface area contributed by atoms with Crippen molar-refractivity contribution < 1.29 is 23.5 Å². The summed E-state index contributed by atoms with van der Waals surface area (Å²) >= 11 is 0. The second-order valence-corrected chi connectivity index (χ2v) is 6.70. The zero-order valence-corrected chi connectivity index (χ0v) is 15.3. The summed E-state index contributed by atoms with van der Waals surface area (Å²) in [4.78, 5) is 37.0. The van der Waals surface area contributed by atoms with Gasteiger partial charge in [-0.3, -0.25) is 4.79 Å². The van der Waals surface area contributed by atoms with E-state index in [4.69, 9.17) is 13.9 Å². The molecule has 144 valence electrons. The lowest BCUT2D eigenvalue weighted by Gasteiger charge is -2.31. The predicted molar refractivity (Wildman–Crippen MR) is 98.6 cm³/mol. The number of amides is 1. The van der Waals surface area contributed by atoms with Gasteiger partial charge in [0, 0.05) is 30.6 Å². The van der Waals surface area contributed by atoms with Crippen molar-refractivity contribution in [3.63, 3.8) is 0 Å². The highest BCUT2D eigenvalue weighted by molar-refractivity contribution is 5.81. The van der Waals surface area contributed by atoms with Gasteiger partial charge in [-0.2, -0.15) is 0 Å². The van der Waals surface area contributed by atoms with E-state index in [-0.39, 0.29) is 25.2 Å². The molecule has 1 heterocycles. The number of fused-ring (bicyclic) bond motifs is 1. The number of likely N-dealkylation sites (N-methyl/N-ethyl adjacent to an activating group) is 1. The van der Waals surface area contributed by atoms with E-state index in [1.807, 2.05) is 0 Å². The van der Waals surface area contributed by atoms with Crippen molar-refractivity contribution in [2.45, 2.75) is 38.1 Å². The Bertz CT molecular complexity index is 868. The number of hydrogen-bond acceptors (Lipinski definition) is 6. The molecule has 1 aromatic heterocycles. The summed E-state index contributed by atoms with van der Waals surface area (Å²) in [6, 6.07) is 8.13. The van der Waals surface area contributed by atoms with Crippen LogP contribution < -0.4 is 10.4 Å². The summed E-state index contributed by atoms with van der Waals surface area (Å²) in [5, 5.41) is 0.751. The minimum atomic E-state index is -0.630. The highest BCUT2D eigenvalue weighted by Gasteiger charge is 2.22. The van der Waals surface area contributed by atoms with Crippen LogP contribution in [-0.2, 0) is 14.3 Å². The lowest BCUT2D eigenvalue weighted by Crippen LogP contribution is -2.40. The van der Waals surface area contributed by atoms with E-state index >= 15 is 0 Å². The molecule has 7 heteroatoms. The molecule has 0 bridgehead atoms. The van der Waals surface area contributed by atoms with Crippen molar-refractivity contribution in [3.05, 3.63) is 40.8 Å². The molecular weight excluding hydrogens is 350 g/mol. The number of esters is 1. The van der Waals surface area contributed by atoms with Crippen LogP contribution in [0.25, 0.3) is 11.0 Å². The molecule has 0 saturated heterocycles. The van der Waals surface area contributed by atoms with E-state index in [9.17, 15) is 14.4 Å². The minimum absolute atomic E-state index is 0.206. The van der Waals surface area contributed by atoms with E-state index in [0.29, 0.717) is 11.3 Å². The number of rotatable bonds is 6. The standard InChI is InChI=1S/C20H23NO6/c1-21(15-5-3-2-4-6-15)18(22)12-26-20(24)13-25-16-9-7-14-8-10-19(23)27-17(14)11-16/h7-11,15H,2-6,12-13H2,1H3. The first-order chi connectivity index (χ1) is 13.0. The van der Waals surface area contributed by atoms with E-state index in [1.165, 1.54) is 18.6 Å². The first kappa shape index (κ1) is 18.9. The second-order valence-electron chi connectivity index (χ2n) is 6.70. The van der Waals surface area contributed by atoms with Gasteiger partial charge in [0.1, 0.15) is 11.3 Å². The number of nitrogens with zero attached hydrogens (tertiary/aromatic N) is 1. The van der Waals surface area contributed by atoms with Crippen LogP contribution in [0.2, 0.25) is 0 Å². The van der Waals surface area contributed by atoms with Gasteiger partial charge < -0.3 is 18.8 Å². The topological polar surface area (TPSA) is 86.0 Å². The Hall–Kier alpha value is -2.83. The number of carbonyl (C=O) groups excluding carboxylic acids is 2. The molecule has 0 unspecified atom stereocenters. The van der Waals surface area contributed by atoms with Crippen LogP contribution in [-0.4, -0.2) is 43.1 Å². The number of ether oxygens (including phenoxy) is 2. The molecule has 0 spiro atoms. The lowest BCUT2D eigenvalue weighted by molar-refractivity contribution is -0.154. The third kappa shape index (κ3) is 5.09. The van der Waals surface area contributed by atoms with Gasteiger partial charge in [-0.15, -0.1) is 0 Å². The van der Waals surface area contributed by atoms with Crippen LogP contribution in [0.15, 0.2) is 39.5 Å². The summed E-state index contributed by atoms with van der Waals surface area (Å²) in [7, 11) is 1.76. The molecule has 1 fully saturated rings. The predicted octanol–water partition coefficient (Wildman–Crippen LogP) is 2.51. The van der Waals surface area contributed by atoms with Crippen molar-refractivity contribution in [1.82, 2.24) is 4.90 Å². The van der Waals surface area contributed by atoms with Crippen molar-refractivity contribution >= 4 is 22.8 Å². The van der Waals surface area contributed by atoms with Gasteiger partial charge in [-0.25, -0.2) is 9.59 Å². The molecule has 1 aliphatic carbocycles. The SMILES string of the molecule is CN(C(=O)COC(=O)COc1ccc2ccc(=O)oc2c1)C1CCCCC1. The highest BCUT2D eigenvalue weighted by atomic mass is 16.6. The van der Waals surface area contributed by atoms with Crippen molar-refractivity contribution in [2.24, 2.45) is 0 Å². The molecule has 27 heavy (non-hydrogen) atoms. The van der Waals surface area contributed by atoms with Gasteiger partial charge in [0.2, 0.25) is 0 Å². The second kappa shape index (κ2) is 8.70. The van der Waals surface area contributed by atoms with E-state index in [2.05, 4.69) is 0 Å². The third-order valence-corrected chi connectivity index (χ3v) is 4.82. The molecule has 1 amide bonds. The molecular formula is C20H23NO6. The Morgan fingerprint density at radius 1 is 1.11 bits per heavy atom. The maximum atomic E-state index is 12.2. The third-order valence-electron chi connectivity index (χ3n) is 4.82. The van der Waals surface area contributed by atoms with Gasteiger partial charge in [-0.05, 0) is 31.0 Å². The summed E-state index contributed by atoms with van der Waals surface area (Å²) in [6.07, 6.45) is 5.46. The minimum Gasteiger partial charge on any atom is -0.482 e. The molecule has 0 N–H and O–H groups in total. The largest absolute Gasteiger partial charge is 0.482 e. The summed E-state index contributed by atoms with van der Waals surface area (Å²) in [6.45, 7) is -0.620. The summed E-state index contributed by atoms with van der Waals surface area (Å²) in [5.74, 6) is -0.461. The van der Waals surface area contributed by atoms with Gasteiger partial charge in [0.05, 0.1) is 0 Å².